The summed E-state index contributed by atoms with van der Waals surface area (Å²) in [5.74, 6) is 1.78. The number of hydrogen-bond donors (Lipinski definition) is 3. The van der Waals surface area contributed by atoms with Gasteiger partial charge in [0.2, 0.25) is 5.13 Å². The number of fused-ring (bicyclic) bond motifs is 2. The molecular weight excluding hydrogens is 374 g/mol. The number of nitrogens with one attached hydrogen (secondary N) is 3. The molecule has 0 radical (unpaired) electrons. The lowest BCUT2D eigenvalue weighted by atomic mass is 10.0. The van der Waals surface area contributed by atoms with E-state index in [0.717, 1.165) is 42.5 Å². The fourth-order valence-electron chi connectivity index (χ4n) is 4.61. The van der Waals surface area contributed by atoms with Gasteiger partial charge in [0.1, 0.15) is 11.5 Å². The number of H-pyrrole nitrogens is 1. The van der Waals surface area contributed by atoms with E-state index in [0.29, 0.717) is 28.8 Å². The molecule has 9 heteroatoms. The van der Waals surface area contributed by atoms with Crippen LogP contribution >= 0.6 is 11.5 Å². The highest BCUT2D eigenvalue weighted by atomic mass is 32.1. The number of anilines is 2. The van der Waals surface area contributed by atoms with Gasteiger partial charge in [0.25, 0.3) is 0 Å². The first-order chi connectivity index (χ1) is 13.6. The van der Waals surface area contributed by atoms with Crippen molar-refractivity contribution in [1.29, 1.82) is 0 Å². The third-order valence-electron chi connectivity index (χ3n) is 5.90. The second kappa shape index (κ2) is 6.73. The highest BCUT2D eigenvalue weighted by Gasteiger charge is 2.42. The molecule has 8 nitrogen and oxygen atoms in total. The van der Waals surface area contributed by atoms with E-state index in [1.54, 1.807) is 0 Å². The number of carbonyl (C=O) groups excluding carboxylic acids is 1. The minimum absolute atomic E-state index is 0.0610. The first kappa shape index (κ1) is 17.4. The Morgan fingerprint density at radius 1 is 1.29 bits per heavy atom. The summed E-state index contributed by atoms with van der Waals surface area (Å²) in [5, 5.41) is 8.35. The number of hydrogen-bond acceptors (Lipinski definition) is 6. The standard InChI is InChI=1S/C19H23N7OS/c1-10-7-21-17-15(3-4-20-17)16(10)23-14-5-12-8-26(9-13(12)6-14)19(27)24-18-22-11(2)25-28-18/h3-4,7,12-14H,5-6,8-9H2,1-2H3,(H2,20,21,23)(H,22,24,25,27)/t12-,13+,14?. The lowest BCUT2D eigenvalue weighted by Crippen LogP contribution is -2.34. The van der Waals surface area contributed by atoms with E-state index in [2.05, 4.69) is 42.9 Å². The zero-order valence-corrected chi connectivity index (χ0v) is 16.7. The van der Waals surface area contributed by atoms with Crippen LogP contribution in [0.1, 0.15) is 24.2 Å². The molecular formula is C19H23N7OS. The summed E-state index contributed by atoms with van der Waals surface area (Å²) >= 11 is 1.23. The average molecular weight is 398 g/mol. The highest BCUT2D eigenvalue weighted by molar-refractivity contribution is 7.09. The van der Waals surface area contributed by atoms with E-state index in [1.165, 1.54) is 17.2 Å². The maximum atomic E-state index is 12.5. The van der Waals surface area contributed by atoms with Crippen LogP contribution in [0.3, 0.4) is 0 Å². The van der Waals surface area contributed by atoms with E-state index in [9.17, 15) is 4.79 Å². The van der Waals surface area contributed by atoms with E-state index < -0.39 is 0 Å². The number of likely N-dealkylation sites (tertiary alicyclic amines) is 1. The molecule has 2 aliphatic rings. The fourth-order valence-corrected chi connectivity index (χ4v) is 5.17. The van der Waals surface area contributed by atoms with Crippen LogP contribution in [-0.2, 0) is 0 Å². The van der Waals surface area contributed by atoms with Crippen molar-refractivity contribution in [3.8, 4) is 0 Å². The Labute approximate surface area is 166 Å². The minimum Gasteiger partial charge on any atom is -0.381 e. The van der Waals surface area contributed by atoms with Gasteiger partial charge in [0.05, 0.1) is 0 Å². The minimum atomic E-state index is -0.0610. The third-order valence-corrected chi connectivity index (χ3v) is 6.63. The summed E-state index contributed by atoms with van der Waals surface area (Å²) < 4.78 is 4.11. The molecule has 3 N–H and O–H groups in total. The van der Waals surface area contributed by atoms with E-state index >= 15 is 0 Å². The Balaban J connectivity index is 1.22. The van der Waals surface area contributed by atoms with Crippen molar-refractivity contribution in [3.63, 3.8) is 0 Å². The SMILES string of the molecule is Cc1nsc(NC(=O)N2C[C@H]3CC(Nc4c(C)cnc5[nH]ccc45)C[C@H]3C2)n1. The molecule has 1 saturated heterocycles. The molecule has 1 aliphatic heterocycles. The molecule has 3 aromatic rings. The number of aromatic amines is 1. The molecule has 146 valence electrons. The number of aryl methyl sites for hydroxylation is 2. The molecule has 0 spiro atoms. The van der Waals surface area contributed by atoms with Crippen molar-refractivity contribution >= 4 is 39.4 Å². The van der Waals surface area contributed by atoms with Crippen LogP contribution in [0.2, 0.25) is 0 Å². The molecule has 0 bridgehead atoms. The number of aromatic nitrogens is 4. The van der Waals surface area contributed by atoms with Gasteiger partial charge in [0, 0.05) is 54.1 Å². The van der Waals surface area contributed by atoms with Crippen molar-refractivity contribution in [2.45, 2.75) is 32.7 Å². The normalized spacial score (nSPS) is 23.9. The van der Waals surface area contributed by atoms with Crippen molar-refractivity contribution in [2.24, 2.45) is 11.8 Å². The van der Waals surface area contributed by atoms with E-state index in [1.807, 2.05) is 24.2 Å². The van der Waals surface area contributed by atoms with E-state index in [-0.39, 0.29) is 6.03 Å². The molecule has 1 unspecified atom stereocenters. The van der Waals surface area contributed by atoms with Gasteiger partial charge in [-0.25, -0.2) is 14.8 Å². The van der Waals surface area contributed by atoms with Gasteiger partial charge in [-0.15, -0.1) is 0 Å². The predicted molar refractivity (Wildman–Crippen MR) is 110 cm³/mol. The molecule has 1 aliphatic carbocycles. The maximum Gasteiger partial charge on any atom is 0.323 e. The Morgan fingerprint density at radius 2 is 2.07 bits per heavy atom. The maximum absolute atomic E-state index is 12.5. The Bertz CT molecular complexity index is 1010. The highest BCUT2D eigenvalue weighted by Crippen LogP contribution is 2.40. The van der Waals surface area contributed by atoms with Gasteiger partial charge in [-0.05, 0) is 50.2 Å². The smallest absolute Gasteiger partial charge is 0.323 e. The summed E-state index contributed by atoms with van der Waals surface area (Å²) in [4.78, 5) is 26.3. The number of rotatable bonds is 3. The van der Waals surface area contributed by atoms with Crippen LogP contribution < -0.4 is 10.6 Å². The first-order valence-electron chi connectivity index (χ1n) is 9.62. The second-order valence-corrected chi connectivity index (χ2v) is 8.62. The molecule has 4 heterocycles. The van der Waals surface area contributed by atoms with Crippen LogP contribution in [-0.4, -0.2) is 49.4 Å². The summed E-state index contributed by atoms with van der Waals surface area (Å²) in [7, 11) is 0. The molecule has 1 saturated carbocycles. The van der Waals surface area contributed by atoms with Crippen LogP contribution in [0, 0.1) is 25.7 Å². The molecule has 28 heavy (non-hydrogen) atoms. The number of pyridine rings is 1. The summed E-state index contributed by atoms with van der Waals surface area (Å²) in [5.41, 5.74) is 3.26. The van der Waals surface area contributed by atoms with Gasteiger partial charge in [-0.2, -0.15) is 4.37 Å². The molecule has 3 atom stereocenters. The Morgan fingerprint density at radius 3 is 2.79 bits per heavy atom. The topological polar surface area (TPSA) is 98.8 Å². The van der Waals surface area contributed by atoms with Crippen molar-refractivity contribution in [3.05, 3.63) is 29.8 Å². The Hall–Kier alpha value is -2.68. The number of amides is 2. The fraction of sp³-hybridized carbons (Fsp3) is 0.474. The predicted octanol–water partition coefficient (Wildman–Crippen LogP) is 3.39. The van der Waals surface area contributed by atoms with Crippen molar-refractivity contribution < 1.29 is 4.79 Å². The van der Waals surface area contributed by atoms with Crippen LogP contribution in [0.15, 0.2) is 18.5 Å². The summed E-state index contributed by atoms with van der Waals surface area (Å²) in [6, 6.07) is 2.45. The molecule has 3 aromatic heterocycles. The first-order valence-corrected chi connectivity index (χ1v) is 10.4. The van der Waals surface area contributed by atoms with Gasteiger partial charge < -0.3 is 15.2 Å². The number of nitrogens with zero attached hydrogens (tertiary/aromatic N) is 4. The van der Waals surface area contributed by atoms with Crippen LogP contribution in [0.5, 0.6) is 0 Å². The van der Waals surface area contributed by atoms with E-state index in [4.69, 9.17) is 0 Å². The Kier molecular flexibility index (Phi) is 4.19. The molecule has 2 amide bonds. The quantitative estimate of drug-likeness (QED) is 0.629. The van der Waals surface area contributed by atoms with Crippen LogP contribution in [0.25, 0.3) is 11.0 Å². The van der Waals surface area contributed by atoms with Gasteiger partial charge >= 0.3 is 6.03 Å². The third kappa shape index (κ3) is 3.09. The molecule has 0 aromatic carbocycles. The van der Waals surface area contributed by atoms with Gasteiger partial charge in [0.15, 0.2) is 0 Å². The lowest BCUT2D eigenvalue weighted by Gasteiger charge is -2.21. The number of carbonyl (C=O) groups is 1. The summed E-state index contributed by atoms with van der Waals surface area (Å²) in [6.07, 6.45) is 6.01. The lowest BCUT2D eigenvalue weighted by molar-refractivity contribution is 0.218. The molecule has 2 fully saturated rings. The zero-order valence-electron chi connectivity index (χ0n) is 15.9. The second-order valence-electron chi connectivity index (χ2n) is 7.87. The van der Waals surface area contributed by atoms with Crippen LogP contribution in [0.4, 0.5) is 15.6 Å². The largest absolute Gasteiger partial charge is 0.381 e. The zero-order chi connectivity index (χ0) is 19.3. The van der Waals surface area contributed by atoms with Gasteiger partial charge in [-0.3, -0.25) is 5.32 Å². The monoisotopic (exact) mass is 397 g/mol. The summed E-state index contributed by atoms with van der Waals surface area (Å²) in [6.45, 7) is 5.53. The molecule has 5 rings (SSSR count). The van der Waals surface area contributed by atoms with Gasteiger partial charge in [-0.1, -0.05) is 0 Å². The average Bonchev–Trinajstić information content (AvgIpc) is 3.41. The van der Waals surface area contributed by atoms with Crippen molar-refractivity contribution in [1.82, 2.24) is 24.2 Å². The number of urea groups is 1. The van der Waals surface area contributed by atoms with Crippen molar-refractivity contribution in [2.75, 3.05) is 23.7 Å².